The van der Waals surface area contributed by atoms with Gasteiger partial charge in [0, 0.05) is 16.4 Å². The number of aromatic nitrogens is 3. The Morgan fingerprint density at radius 1 is 0.917 bits per heavy atom. The number of nitrogens with zero attached hydrogens (tertiary/aromatic N) is 3. The zero-order chi connectivity index (χ0) is 17.1. The van der Waals surface area contributed by atoms with E-state index in [9.17, 15) is 0 Å². The van der Waals surface area contributed by atoms with E-state index in [1.165, 1.54) is 11.1 Å². The number of anilines is 4. The van der Waals surface area contributed by atoms with Crippen LogP contribution >= 0.6 is 11.6 Å². The van der Waals surface area contributed by atoms with Gasteiger partial charge in [-0.3, -0.25) is 0 Å². The van der Waals surface area contributed by atoms with Crippen molar-refractivity contribution < 1.29 is 0 Å². The molecule has 0 aliphatic carbocycles. The van der Waals surface area contributed by atoms with Gasteiger partial charge in [-0.25, -0.2) is 0 Å². The zero-order valence-electron chi connectivity index (χ0n) is 13.8. The van der Waals surface area contributed by atoms with Gasteiger partial charge >= 0.3 is 0 Å². The van der Waals surface area contributed by atoms with Gasteiger partial charge < -0.3 is 10.6 Å². The Bertz CT molecular complexity index is 859. The van der Waals surface area contributed by atoms with Crippen LogP contribution < -0.4 is 10.6 Å². The molecule has 0 saturated carbocycles. The molecule has 3 rings (SSSR count). The lowest BCUT2D eigenvalue weighted by Crippen LogP contribution is -2.03. The van der Waals surface area contributed by atoms with Gasteiger partial charge in [0.15, 0.2) is 5.82 Å². The van der Waals surface area contributed by atoms with Crippen molar-refractivity contribution in [2.24, 2.45) is 0 Å². The second-order valence-electron chi connectivity index (χ2n) is 5.75. The van der Waals surface area contributed by atoms with E-state index in [0.29, 0.717) is 16.8 Å². The molecule has 0 fully saturated rings. The van der Waals surface area contributed by atoms with Crippen LogP contribution in [-0.2, 0) is 0 Å². The third-order valence-corrected chi connectivity index (χ3v) is 3.72. The third-order valence-electron chi connectivity index (χ3n) is 3.49. The average Bonchev–Trinajstić information content (AvgIpc) is 2.49. The van der Waals surface area contributed by atoms with Crippen LogP contribution in [0, 0.1) is 20.8 Å². The van der Waals surface area contributed by atoms with E-state index in [1.807, 2.05) is 25.1 Å². The fourth-order valence-electron chi connectivity index (χ4n) is 2.50. The minimum absolute atomic E-state index is 0.426. The highest BCUT2D eigenvalue weighted by atomic mass is 35.5. The van der Waals surface area contributed by atoms with Crippen LogP contribution in [0.2, 0.25) is 5.02 Å². The quantitative estimate of drug-likeness (QED) is 0.705. The van der Waals surface area contributed by atoms with E-state index >= 15 is 0 Å². The van der Waals surface area contributed by atoms with Crippen LogP contribution in [0.1, 0.15) is 16.7 Å². The molecule has 1 aromatic heterocycles. The van der Waals surface area contributed by atoms with E-state index in [-0.39, 0.29) is 0 Å². The Hall–Kier alpha value is -2.66. The lowest BCUT2D eigenvalue weighted by Gasteiger charge is -2.10. The van der Waals surface area contributed by atoms with E-state index in [2.05, 4.69) is 57.9 Å². The lowest BCUT2D eigenvalue weighted by atomic mass is 10.1. The molecular formula is C18H18ClN5. The summed E-state index contributed by atoms with van der Waals surface area (Å²) in [4.78, 5) is 4.46. The topological polar surface area (TPSA) is 62.7 Å². The van der Waals surface area contributed by atoms with Gasteiger partial charge in [0.05, 0.1) is 6.20 Å². The molecule has 0 aliphatic rings. The highest BCUT2D eigenvalue weighted by Gasteiger charge is 2.05. The fraction of sp³-hybridized carbons (Fsp3) is 0.167. The molecule has 1 heterocycles. The first-order chi connectivity index (χ1) is 11.5. The molecule has 3 aromatic rings. The van der Waals surface area contributed by atoms with Gasteiger partial charge in [-0.2, -0.15) is 10.1 Å². The normalized spacial score (nSPS) is 10.5. The molecule has 6 heteroatoms. The van der Waals surface area contributed by atoms with Crippen LogP contribution in [-0.4, -0.2) is 15.2 Å². The van der Waals surface area contributed by atoms with Gasteiger partial charge in [-0.15, -0.1) is 5.10 Å². The minimum atomic E-state index is 0.426. The van der Waals surface area contributed by atoms with E-state index in [4.69, 9.17) is 11.6 Å². The van der Waals surface area contributed by atoms with Crippen molar-refractivity contribution in [3.8, 4) is 0 Å². The van der Waals surface area contributed by atoms with Gasteiger partial charge in [-0.1, -0.05) is 17.7 Å². The molecule has 0 atom stereocenters. The number of rotatable bonds is 4. The summed E-state index contributed by atoms with van der Waals surface area (Å²) >= 11 is 5.98. The standard InChI is InChI=1S/C18H18ClN5/c1-11-6-12(2)8-15(7-11)21-17-10-20-24-18(23-17)22-16-5-4-14(19)9-13(16)3/h4-10H,1-3H3,(H2,21,22,23,24). The Balaban J connectivity index is 1.81. The van der Waals surface area contributed by atoms with Crippen LogP contribution in [0.15, 0.2) is 42.6 Å². The monoisotopic (exact) mass is 339 g/mol. The maximum absolute atomic E-state index is 5.98. The molecule has 122 valence electrons. The number of hydrogen-bond acceptors (Lipinski definition) is 5. The van der Waals surface area contributed by atoms with Crippen molar-refractivity contribution >= 4 is 34.7 Å². The molecule has 5 nitrogen and oxygen atoms in total. The molecule has 0 spiro atoms. The summed E-state index contributed by atoms with van der Waals surface area (Å²) in [6, 6.07) is 11.8. The number of halogens is 1. The largest absolute Gasteiger partial charge is 0.339 e. The van der Waals surface area contributed by atoms with Gasteiger partial charge in [0.1, 0.15) is 0 Å². The van der Waals surface area contributed by atoms with E-state index in [1.54, 1.807) is 6.20 Å². The molecule has 0 aliphatic heterocycles. The molecule has 24 heavy (non-hydrogen) atoms. The zero-order valence-corrected chi connectivity index (χ0v) is 14.5. The Kier molecular flexibility index (Phi) is 4.62. The summed E-state index contributed by atoms with van der Waals surface area (Å²) in [5.74, 6) is 1.05. The maximum Gasteiger partial charge on any atom is 0.249 e. The van der Waals surface area contributed by atoms with Crippen molar-refractivity contribution in [2.75, 3.05) is 10.6 Å². The van der Waals surface area contributed by atoms with Crippen LogP contribution in [0.3, 0.4) is 0 Å². The summed E-state index contributed by atoms with van der Waals surface area (Å²) in [7, 11) is 0. The first-order valence-corrected chi connectivity index (χ1v) is 7.95. The van der Waals surface area contributed by atoms with Crippen molar-refractivity contribution in [2.45, 2.75) is 20.8 Å². The number of benzene rings is 2. The summed E-state index contributed by atoms with van der Waals surface area (Å²) in [5, 5.41) is 15.2. The van der Waals surface area contributed by atoms with Crippen molar-refractivity contribution in [3.05, 3.63) is 64.3 Å². The summed E-state index contributed by atoms with van der Waals surface area (Å²) < 4.78 is 0. The van der Waals surface area contributed by atoms with Gasteiger partial charge in [0.25, 0.3) is 0 Å². The van der Waals surface area contributed by atoms with E-state index < -0.39 is 0 Å². The molecule has 0 amide bonds. The predicted molar refractivity (Wildman–Crippen MR) is 98.5 cm³/mol. The van der Waals surface area contributed by atoms with Gasteiger partial charge in [0.2, 0.25) is 5.95 Å². The smallest absolute Gasteiger partial charge is 0.249 e. The van der Waals surface area contributed by atoms with Crippen molar-refractivity contribution in [1.82, 2.24) is 15.2 Å². The van der Waals surface area contributed by atoms with Gasteiger partial charge in [-0.05, 0) is 67.8 Å². The Labute approximate surface area is 146 Å². The number of nitrogens with one attached hydrogen (secondary N) is 2. The average molecular weight is 340 g/mol. The number of hydrogen-bond donors (Lipinski definition) is 2. The fourth-order valence-corrected chi connectivity index (χ4v) is 2.73. The highest BCUT2D eigenvalue weighted by Crippen LogP contribution is 2.23. The molecule has 2 N–H and O–H groups in total. The molecule has 0 unspecified atom stereocenters. The summed E-state index contributed by atoms with van der Waals surface area (Å²) in [6.07, 6.45) is 1.59. The van der Waals surface area contributed by atoms with Crippen molar-refractivity contribution in [1.29, 1.82) is 0 Å². The first kappa shape index (κ1) is 16.2. The molecule has 2 aromatic carbocycles. The van der Waals surface area contributed by atoms with Crippen molar-refractivity contribution in [3.63, 3.8) is 0 Å². The SMILES string of the molecule is Cc1cc(C)cc(Nc2cnnc(Nc3ccc(Cl)cc3C)n2)c1. The van der Waals surface area contributed by atoms with Crippen LogP contribution in [0.25, 0.3) is 0 Å². The maximum atomic E-state index is 5.98. The second-order valence-corrected chi connectivity index (χ2v) is 6.19. The molecular weight excluding hydrogens is 322 g/mol. The Morgan fingerprint density at radius 2 is 1.67 bits per heavy atom. The predicted octanol–water partition coefficient (Wildman–Crippen LogP) is 4.94. The highest BCUT2D eigenvalue weighted by molar-refractivity contribution is 6.30. The van der Waals surface area contributed by atoms with Crippen LogP contribution in [0.5, 0.6) is 0 Å². The molecule has 0 saturated heterocycles. The summed E-state index contributed by atoms with van der Waals surface area (Å²) in [6.45, 7) is 6.10. The third kappa shape index (κ3) is 4.00. The van der Waals surface area contributed by atoms with E-state index in [0.717, 1.165) is 16.9 Å². The molecule has 0 bridgehead atoms. The lowest BCUT2D eigenvalue weighted by molar-refractivity contribution is 0.981. The minimum Gasteiger partial charge on any atom is -0.339 e. The number of aryl methyl sites for hydroxylation is 3. The first-order valence-electron chi connectivity index (χ1n) is 7.58. The van der Waals surface area contributed by atoms with Crippen LogP contribution in [0.4, 0.5) is 23.1 Å². The summed E-state index contributed by atoms with van der Waals surface area (Å²) in [5.41, 5.74) is 5.26. The molecule has 0 radical (unpaired) electrons. The Morgan fingerprint density at radius 3 is 2.38 bits per heavy atom. The second kappa shape index (κ2) is 6.84.